The molecule has 0 bridgehead atoms. The quantitative estimate of drug-likeness (QED) is 0.0252. The van der Waals surface area contributed by atoms with Gasteiger partial charge in [-0.1, -0.05) is 0 Å². The van der Waals surface area contributed by atoms with Gasteiger partial charge in [-0.15, -0.1) is 0 Å². The maximum Gasteiger partial charge on any atom is 0.492 e. The maximum absolute atomic E-state index is 11.7. The molecular weight excluding hydrogens is 665 g/mol. The fourth-order valence-electron chi connectivity index (χ4n) is 3.63. The van der Waals surface area contributed by atoms with E-state index in [4.69, 9.17) is 59.5 Å². The standard InChI is InChI=1S/C22H48O18Si4/c1-29-42(27,8-4-31-12-19(24)11-23)39-44(30-2,10-6-34-15-22-18-37-22)40-43(28,9-5-33-14-21-17-36-21)38-41(25,26)7-3-32-13-20-16-35-20/h19-28H,3-18H2,1-2H3. The number of aliphatic hydroxyl groups excluding tert-OH is 2. The molecule has 0 saturated carbocycles. The third kappa shape index (κ3) is 15.8. The van der Waals surface area contributed by atoms with Gasteiger partial charge in [0.05, 0.1) is 79.3 Å². The van der Waals surface area contributed by atoms with Crippen molar-refractivity contribution in [3.8, 4) is 0 Å². The first-order valence-corrected chi connectivity index (χ1v) is 22.4. The smallest absolute Gasteiger partial charge is 0.394 e. The summed E-state index contributed by atoms with van der Waals surface area (Å²) < 4.78 is 66.2. The van der Waals surface area contributed by atoms with E-state index in [1.807, 2.05) is 0 Å². The molecule has 0 aromatic carbocycles. The van der Waals surface area contributed by atoms with Crippen LogP contribution in [0.4, 0.5) is 0 Å². The van der Waals surface area contributed by atoms with Crippen molar-refractivity contribution in [2.75, 3.05) is 93.5 Å². The van der Waals surface area contributed by atoms with E-state index < -0.39 is 47.9 Å². The molecule has 0 aliphatic carbocycles. The third-order valence-corrected chi connectivity index (χ3v) is 18.7. The molecular formula is C22H48O18Si4. The van der Waals surface area contributed by atoms with Crippen molar-refractivity contribution in [2.45, 2.75) is 48.6 Å². The molecule has 3 rings (SSSR count). The van der Waals surface area contributed by atoms with Crippen molar-refractivity contribution in [1.82, 2.24) is 0 Å². The van der Waals surface area contributed by atoms with Crippen LogP contribution in [0.3, 0.4) is 0 Å². The molecule has 3 heterocycles. The average Bonchev–Trinajstić information content (AvgIpc) is 3.82. The summed E-state index contributed by atoms with van der Waals surface area (Å²) in [5.41, 5.74) is 0. The van der Waals surface area contributed by atoms with Crippen molar-refractivity contribution >= 4 is 35.2 Å². The highest BCUT2D eigenvalue weighted by Crippen LogP contribution is 2.29. The molecule has 0 amide bonds. The first-order chi connectivity index (χ1) is 20.9. The van der Waals surface area contributed by atoms with E-state index in [0.29, 0.717) is 33.0 Å². The molecule has 7 unspecified atom stereocenters. The summed E-state index contributed by atoms with van der Waals surface area (Å²) in [5, 5.41) is 18.5. The SMILES string of the molecule is CO[Si](O)(CCOCC(O)CO)O[Si](CCOCC1CO1)(OC)O[Si](O)(CCOCC1CO1)O[Si](O)(O)CCOCC1CO1. The normalized spacial score (nSPS) is 26.0. The van der Waals surface area contributed by atoms with Crippen molar-refractivity contribution < 1.29 is 83.8 Å². The van der Waals surface area contributed by atoms with E-state index in [9.17, 15) is 24.3 Å². The van der Waals surface area contributed by atoms with Gasteiger partial charge in [-0.2, -0.15) is 0 Å². The van der Waals surface area contributed by atoms with E-state index in [2.05, 4.69) is 0 Å². The van der Waals surface area contributed by atoms with Gasteiger partial charge >= 0.3 is 35.2 Å². The van der Waals surface area contributed by atoms with Crippen LogP contribution in [0.5, 0.6) is 0 Å². The second kappa shape index (κ2) is 18.6. The van der Waals surface area contributed by atoms with Gasteiger partial charge in [-0.3, -0.25) is 0 Å². The summed E-state index contributed by atoms with van der Waals surface area (Å²) >= 11 is 0. The van der Waals surface area contributed by atoms with Crippen LogP contribution in [0.1, 0.15) is 0 Å². The van der Waals surface area contributed by atoms with E-state index in [1.165, 1.54) is 14.2 Å². The molecule has 6 N–H and O–H groups in total. The molecule has 260 valence electrons. The van der Waals surface area contributed by atoms with Crippen LogP contribution in [-0.2, 0) is 54.4 Å². The first kappa shape index (κ1) is 38.6. The van der Waals surface area contributed by atoms with Gasteiger partial charge in [0.1, 0.15) is 24.4 Å². The van der Waals surface area contributed by atoms with Crippen LogP contribution in [0, 0.1) is 0 Å². The Labute approximate surface area is 261 Å². The van der Waals surface area contributed by atoms with Gasteiger partial charge in [0.2, 0.25) is 0 Å². The summed E-state index contributed by atoms with van der Waals surface area (Å²) in [5.74, 6) is 0. The fraction of sp³-hybridized carbons (Fsp3) is 1.00. The summed E-state index contributed by atoms with van der Waals surface area (Å²) in [6, 6.07) is -0.800. The number of ether oxygens (including phenoxy) is 7. The van der Waals surface area contributed by atoms with Crippen LogP contribution in [-0.4, -0.2) is 183 Å². The van der Waals surface area contributed by atoms with Crippen molar-refractivity contribution in [3.05, 3.63) is 0 Å². The Morgan fingerprint density at radius 1 is 0.636 bits per heavy atom. The fourth-order valence-corrected chi connectivity index (χ4v) is 16.1. The molecule has 0 aromatic heterocycles. The summed E-state index contributed by atoms with van der Waals surface area (Å²) in [6.45, 7) is 1.68. The summed E-state index contributed by atoms with van der Waals surface area (Å²) in [6.07, 6.45) is -1.19. The third-order valence-electron chi connectivity index (χ3n) is 6.47. The van der Waals surface area contributed by atoms with Crippen molar-refractivity contribution in [1.29, 1.82) is 0 Å². The molecule has 0 radical (unpaired) electrons. The zero-order chi connectivity index (χ0) is 32.1. The second-order valence-corrected chi connectivity index (χ2v) is 21.5. The second-order valence-electron chi connectivity index (χ2n) is 10.6. The Bertz CT molecular complexity index is 811. The molecule has 3 saturated heterocycles. The highest BCUT2D eigenvalue weighted by molar-refractivity contribution is 6.83. The lowest BCUT2D eigenvalue weighted by molar-refractivity contribution is 0.00626. The topological polar surface area (TPSA) is 242 Å². The Morgan fingerprint density at radius 3 is 1.57 bits per heavy atom. The predicted molar refractivity (Wildman–Crippen MR) is 154 cm³/mol. The molecule has 44 heavy (non-hydrogen) atoms. The minimum atomic E-state index is -4.59. The zero-order valence-electron chi connectivity index (χ0n) is 25.2. The number of epoxide rings is 3. The Hall–Kier alpha value is 0.148. The maximum atomic E-state index is 11.7. The number of hydrogen-bond donors (Lipinski definition) is 6. The molecule has 3 aliphatic rings. The van der Waals surface area contributed by atoms with Crippen LogP contribution < -0.4 is 0 Å². The van der Waals surface area contributed by atoms with Gasteiger partial charge < -0.3 is 83.8 Å². The largest absolute Gasteiger partial charge is 0.492 e. The molecule has 0 spiro atoms. The highest BCUT2D eigenvalue weighted by Gasteiger charge is 2.59. The lowest BCUT2D eigenvalue weighted by Crippen LogP contribution is -2.65. The van der Waals surface area contributed by atoms with Gasteiger partial charge in [0, 0.05) is 38.4 Å². The zero-order valence-corrected chi connectivity index (χ0v) is 29.2. The lowest BCUT2D eigenvalue weighted by Gasteiger charge is -2.40. The van der Waals surface area contributed by atoms with Crippen LogP contribution in [0.15, 0.2) is 0 Å². The van der Waals surface area contributed by atoms with Crippen LogP contribution >= 0.6 is 0 Å². The van der Waals surface area contributed by atoms with Gasteiger partial charge in [0.25, 0.3) is 0 Å². The molecule has 18 nitrogen and oxygen atoms in total. The Morgan fingerprint density at radius 2 is 1.09 bits per heavy atom. The first-order valence-electron chi connectivity index (χ1n) is 14.5. The van der Waals surface area contributed by atoms with E-state index in [-0.39, 0.29) is 82.1 Å². The van der Waals surface area contributed by atoms with Crippen LogP contribution in [0.25, 0.3) is 0 Å². The number of hydrogen-bond acceptors (Lipinski definition) is 18. The van der Waals surface area contributed by atoms with Crippen LogP contribution in [0.2, 0.25) is 24.2 Å². The van der Waals surface area contributed by atoms with Crippen molar-refractivity contribution in [2.24, 2.45) is 0 Å². The summed E-state index contributed by atoms with van der Waals surface area (Å²) in [4.78, 5) is 44.7. The number of rotatable bonds is 29. The van der Waals surface area contributed by atoms with E-state index in [1.54, 1.807) is 0 Å². The van der Waals surface area contributed by atoms with Gasteiger partial charge in [0.15, 0.2) is 0 Å². The minimum absolute atomic E-state index is 0.0142. The van der Waals surface area contributed by atoms with Gasteiger partial charge in [-0.25, -0.2) is 0 Å². The highest BCUT2D eigenvalue weighted by atomic mass is 28.5. The molecule has 3 aliphatic heterocycles. The van der Waals surface area contributed by atoms with Gasteiger partial charge in [-0.05, 0) is 0 Å². The molecule has 7 atom stereocenters. The lowest BCUT2D eigenvalue weighted by atomic mass is 10.4. The molecule has 3 fully saturated rings. The van der Waals surface area contributed by atoms with E-state index in [0.717, 1.165) is 0 Å². The number of aliphatic hydroxyl groups is 2. The molecule has 22 heteroatoms. The molecule has 0 aromatic rings. The average molecular weight is 713 g/mol. The monoisotopic (exact) mass is 712 g/mol. The van der Waals surface area contributed by atoms with Crippen molar-refractivity contribution in [3.63, 3.8) is 0 Å². The minimum Gasteiger partial charge on any atom is -0.394 e. The van der Waals surface area contributed by atoms with E-state index >= 15 is 0 Å². The predicted octanol–water partition coefficient (Wildman–Crippen LogP) is -3.33. The Kier molecular flexibility index (Phi) is 16.3. The summed E-state index contributed by atoms with van der Waals surface area (Å²) in [7, 11) is -15.0. The Balaban J connectivity index is 1.72.